The van der Waals surface area contributed by atoms with Crippen molar-refractivity contribution < 1.29 is 24.5 Å². The zero-order valence-corrected chi connectivity index (χ0v) is 21.2. The highest BCUT2D eigenvalue weighted by atomic mass is 35.5. The van der Waals surface area contributed by atoms with Gasteiger partial charge >= 0.3 is 5.97 Å². The molecule has 0 spiro atoms. The number of carbonyl (C=O) groups is 2. The molecule has 1 aliphatic rings. The van der Waals surface area contributed by atoms with Crippen LogP contribution < -0.4 is 0 Å². The van der Waals surface area contributed by atoms with Gasteiger partial charge < -0.3 is 19.8 Å². The third kappa shape index (κ3) is 5.73. The normalized spacial score (nSPS) is 18.6. The molecule has 8 heteroatoms. The number of carboxylic acids is 1. The Morgan fingerprint density at radius 1 is 1.06 bits per heavy atom. The van der Waals surface area contributed by atoms with E-state index in [0.29, 0.717) is 46.1 Å². The highest BCUT2D eigenvalue weighted by Gasteiger charge is 2.38. The molecule has 4 rings (SSSR count). The number of likely N-dealkylation sites (tertiary alicyclic amines) is 1. The summed E-state index contributed by atoms with van der Waals surface area (Å²) in [6, 6.07) is 18.8. The number of hydrogen-bond acceptors (Lipinski definition) is 4. The van der Waals surface area contributed by atoms with Gasteiger partial charge in [-0.25, -0.2) is 4.79 Å². The average Bonchev–Trinajstić information content (AvgIpc) is 2.86. The van der Waals surface area contributed by atoms with Crippen molar-refractivity contribution in [2.75, 3.05) is 13.2 Å². The number of halogens is 2. The van der Waals surface area contributed by atoms with Crippen LogP contribution in [0.1, 0.15) is 62.4 Å². The van der Waals surface area contributed by atoms with Crippen LogP contribution in [0.3, 0.4) is 0 Å². The summed E-state index contributed by atoms with van der Waals surface area (Å²) in [5, 5.41) is 20.4. The fraction of sp³-hybridized carbons (Fsp3) is 0.286. The molecule has 3 aromatic carbocycles. The number of rotatable bonds is 7. The Morgan fingerprint density at radius 2 is 1.75 bits per heavy atom. The minimum atomic E-state index is -1.04. The standard InChI is InChI=1S/C28H27Cl2NO5/c1-17-12-19(28(34)35)9-10-23(17)27(33)31-11-5-8-24(26(31)18-6-3-2-4-7-18)36-25(16-32)20-13-21(29)15-22(30)14-20/h2-4,6-7,9-10,12-15,24-26,32H,5,8,11,16H2,1H3,(H,34,35)/t24-,25+,26-/m0/s1. The molecule has 0 unspecified atom stereocenters. The van der Waals surface area contributed by atoms with Gasteiger partial charge in [0, 0.05) is 22.2 Å². The van der Waals surface area contributed by atoms with E-state index in [2.05, 4.69) is 0 Å². The second-order valence-corrected chi connectivity index (χ2v) is 9.75. The summed E-state index contributed by atoms with van der Waals surface area (Å²) >= 11 is 12.4. The first-order chi connectivity index (χ1) is 17.3. The molecule has 0 aliphatic carbocycles. The molecule has 6 nitrogen and oxygen atoms in total. The first kappa shape index (κ1) is 26.2. The number of aliphatic hydroxyl groups is 1. The van der Waals surface area contributed by atoms with Gasteiger partial charge in [0.05, 0.1) is 24.3 Å². The topological polar surface area (TPSA) is 87.1 Å². The number of benzene rings is 3. The maximum atomic E-state index is 13.8. The third-order valence-corrected chi connectivity index (χ3v) is 6.88. The fourth-order valence-electron chi connectivity index (χ4n) is 4.77. The van der Waals surface area contributed by atoms with Crippen molar-refractivity contribution in [1.82, 2.24) is 4.90 Å². The molecule has 1 heterocycles. The van der Waals surface area contributed by atoms with E-state index in [-0.39, 0.29) is 18.1 Å². The Bertz CT molecular complexity index is 1230. The number of piperidine rings is 1. The fourth-order valence-corrected chi connectivity index (χ4v) is 5.31. The average molecular weight is 528 g/mol. The van der Waals surface area contributed by atoms with Gasteiger partial charge in [0.1, 0.15) is 6.10 Å². The molecule has 1 aliphatic heterocycles. The number of nitrogens with zero attached hydrogens (tertiary/aromatic N) is 1. The van der Waals surface area contributed by atoms with Gasteiger partial charge in [-0.05, 0) is 72.9 Å². The van der Waals surface area contributed by atoms with Crippen molar-refractivity contribution in [3.63, 3.8) is 0 Å². The van der Waals surface area contributed by atoms with Crippen LogP contribution in [0, 0.1) is 6.92 Å². The van der Waals surface area contributed by atoms with Crippen molar-refractivity contribution in [3.05, 3.63) is 105 Å². The van der Waals surface area contributed by atoms with E-state index in [9.17, 15) is 19.8 Å². The second kappa shape index (κ2) is 11.4. The van der Waals surface area contributed by atoms with Crippen molar-refractivity contribution in [1.29, 1.82) is 0 Å². The Balaban J connectivity index is 1.69. The summed E-state index contributed by atoms with van der Waals surface area (Å²) in [5.74, 6) is -1.24. The maximum Gasteiger partial charge on any atom is 0.335 e. The molecule has 1 fully saturated rings. The highest BCUT2D eigenvalue weighted by molar-refractivity contribution is 6.34. The molecule has 0 bridgehead atoms. The number of amides is 1. The quantitative estimate of drug-likeness (QED) is 0.387. The van der Waals surface area contributed by atoms with Gasteiger partial charge in [-0.15, -0.1) is 0 Å². The van der Waals surface area contributed by atoms with Crippen molar-refractivity contribution in [2.45, 2.75) is 38.0 Å². The molecular weight excluding hydrogens is 501 g/mol. The van der Waals surface area contributed by atoms with Crippen LogP contribution in [-0.2, 0) is 4.74 Å². The van der Waals surface area contributed by atoms with Crippen molar-refractivity contribution in [3.8, 4) is 0 Å². The zero-order valence-electron chi connectivity index (χ0n) is 19.7. The van der Waals surface area contributed by atoms with Crippen molar-refractivity contribution in [2.24, 2.45) is 0 Å². The molecule has 0 radical (unpaired) electrons. The van der Waals surface area contributed by atoms with Gasteiger partial charge in [-0.2, -0.15) is 0 Å². The van der Waals surface area contributed by atoms with E-state index in [1.54, 1.807) is 36.1 Å². The lowest BCUT2D eigenvalue weighted by Gasteiger charge is -2.43. The summed E-state index contributed by atoms with van der Waals surface area (Å²) < 4.78 is 6.46. The number of carbonyl (C=O) groups excluding carboxylic acids is 1. The summed E-state index contributed by atoms with van der Waals surface area (Å²) in [7, 11) is 0. The van der Waals surface area contributed by atoms with Gasteiger partial charge in [-0.3, -0.25) is 4.79 Å². The number of carboxylic acid groups (broad SMARTS) is 1. The van der Waals surface area contributed by atoms with Gasteiger partial charge in [0.25, 0.3) is 5.91 Å². The molecule has 3 atom stereocenters. The molecule has 1 amide bonds. The van der Waals surface area contributed by atoms with Gasteiger partial charge in [0.15, 0.2) is 0 Å². The van der Waals surface area contributed by atoms with Gasteiger partial charge in [0.2, 0.25) is 0 Å². The number of aromatic carboxylic acids is 1. The predicted molar refractivity (Wildman–Crippen MR) is 139 cm³/mol. The number of aliphatic hydroxyl groups excluding tert-OH is 1. The van der Waals surface area contributed by atoms with Crippen LogP contribution in [0.4, 0.5) is 0 Å². The molecule has 2 N–H and O–H groups in total. The lowest BCUT2D eigenvalue weighted by molar-refractivity contribution is -0.0912. The maximum absolute atomic E-state index is 13.8. The molecule has 0 saturated carbocycles. The Labute approximate surface area is 220 Å². The SMILES string of the molecule is Cc1cc(C(=O)O)ccc1C(=O)N1CCC[C@H](O[C@H](CO)c2cc(Cl)cc(Cl)c2)[C@@H]1c1ccccc1. The van der Waals surface area contributed by atoms with Crippen LogP contribution in [-0.4, -0.2) is 46.2 Å². The minimum absolute atomic E-state index is 0.134. The minimum Gasteiger partial charge on any atom is -0.478 e. The molecular formula is C28H27Cl2NO5. The van der Waals surface area contributed by atoms with Crippen LogP contribution in [0.5, 0.6) is 0 Å². The Hall–Kier alpha value is -2.90. The lowest BCUT2D eigenvalue weighted by atomic mass is 9.90. The summed E-state index contributed by atoms with van der Waals surface area (Å²) in [4.78, 5) is 26.9. The van der Waals surface area contributed by atoms with E-state index >= 15 is 0 Å². The first-order valence-corrected chi connectivity index (χ1v) is 12.5. The van der Waals surface area contributed by atoms with E-state index in [1.807, 2.05) is 30.3 Å². The number of aryl methyl sites for hydroxylation is 1. The Morgan fingerprint density at radius 3 is 2.36 bits per heavy atom. The third-order valence-electron chi connectivity index (χ3n) is 6.44. The smallest absolute Gasteiger partial charge is 0.335 e. The molecule has 0 aromatic heterocycles. The lowest BCUT2D eigenvalue weighted by Crippen LogP contribution is -2.46. The molecule has 3 aromatic rings. The molecule has 36 heavy (non-hydrogen) atoms. The van der Waals surface area contributed by atoms with E-state index < -0.39 is 24.2 Å². The molecule has 188 valence electrons. The van der Waals surface area contributed by atoms with Crippen molar-refractivity contribution >= 4 is 35.1 Å². The highest BCUT2D eigenvalue weighted by Crippen LogP contribution is 2.38. The van der Waals surface area contributed by atoms with Crippen LogP contribution in [0.15, 0.2) is 66.7 Å². The number of ether oxygens (including phenoxy) is 1. The summed E-state index contributed by atoms with van der Waals surface area (Å²) in [6.07, 6.45) is 0.313. The van der Waals surface area contributed by atoms with Gasteiger partial charge in [-0.1, -0.05) is 53.5 Å². The molecule has 1 saturated heterocycles. The monoisotopic (exact) mass is 527 g/mol. The van der Waals surface area contributed by atoms with E-state index in [0.717, 1.165) is 5.56 Å². The van der Waals surface area contributed by atoms with E-state index in [1.165, 1.54) is 12.1 Å². The second-order valence-electron chi connectivity index (χ2n) is 8.88. The first-order valence-electron chi connectivity index (χ1n) is 11.7. The van der Waals surface area contributed by atoms with E-state index in [4.69, 9.17) is 27.9 Å². The predicted octanol–water partition coefficient (Wildman–Crippen LogP) is 6.10. The summed E-state index contributed by atoms with van der Waals surface area (Å²) in [5.41, 5.74) is 2.74. The summed E-state index contributed by atoms with van der Waals surface area (Å²) in [6.45, 7) is 1.98. The van der Waals surface area contributed by atoms with Crippen LogP contribution in [0.2, 0.25) is 10.0 Å². The van der Waals surface area contributed by atoms with Crippen LogP contribution >= 0.6 is 23.2 Å². The largest absolute Gasteiger partial charge is 0.478 e. The number of hydrogen-bond donors (Lipinski definition) is 2. The van der Waals surface area contributed by atoms with Crippen LogP contribution in [0.25, 0.3) is 0 Å². The zero-order chi connectivity index (χ0) is 25.8. The Kier molecular flexibility index (Phi) is 8.32.